The standard InChI is InChI=1S/C17H19N.C5H11N.2C4H10.C2H4O/c1-13-8-7-10-16(12-13)15(3)18(4)17-11-6-5-9-14(17)2;1-2-4-6-5-3-1;2*1-3-4-2;1-2-3/h5-12H,3H2,1-2,4H3;6H,1-5H2;2*3-4H2,1-2H3;2H,1H3. The Labute approximate surface area is 218 Å². The Morgan fingerprint density at radius 3 is 1.77 bits per heavy atom. The van der Waals surface area contributed by atoms with Gasteiger partial charge in [0.1, 0.15) is 6.29 Å². The van der Waals surface area contributed by atoms with Crippen LogP contribution in [0.4, 0.5) is 5.69 Å². The van der Waals surface area contributed by atoms with E-state index in [2.05, 4.69) is 114 Å². The fraction of sp³-hybridized carbons (Fsp3) is 0.531. The Morgan fingerprint density at radius 2 is 1.40 bits per heavy atom. The second-order valence-electron chi connectivity index (χ2n) is 8.71. The van der Waals surface area contributed by atoms with Gasteiger partial charge in [-0.2, -0.15) is 0 Å². The van der Waals surface area contributed by atoms with Crippen molar-refractivity contribution >= 4 is 17.7 Å². The molecule has 1 aliphatic heterocycles. The molecule has 3 heteroatoms. The van der Waals surface area contributed by atoms with E-state index in [-0.39, 0.29) is 0 Å². The van der Waals surface area contributed by atoms with E-state index in [1.54, 1.807) is 0 Å². The van der Waals surface area contributed by atoms with Gasteiger partial charge in [-0.05, 0) is 70.0 Å². The molecule has 0 aromatic heterocycles. The number of nitrogens with one attached hydrogen (secondary N) is 1. The van der Waals surface area contributed by atoms with Gasteiger partial charge >= 0.3 is 0 Å². The van der Waals surface area contributed by atoms with Gasteiger partial charge in [0.2, 0.25) is 0 Å². The van der Waals surface area contributed by atoms with Crippen molar-refractivity contribution in [3.63, 3.8) is 0 Å². The molecule has 1 heterocycles. The molecule has 3 nitrogen and oxygen atoms in total. The number of nitrogens with zero attached hydrogens (tertiary/aromatic N) is 1. The van der Waals surface area contributed by atoms with E-state index >= 15 is 0 Å². The molecule has 1 N–H and O–H groups in total. The second-order valence-corrected chi connectivity index (χ2v) is 8.71. The Morgan fingerprint density at radius 1 is 0.886 bits per heavy atom. The number of para-hydroxylation sites is 1. The molecular weight excluding hydrogens is 428 g/mol. The van der Waals surface area contributed by atoms with E-state index < -0.39 is 0 Å². The highest BCUT2D eigenvalue weighted by molar-refractivity contribution is 5.78. The zero-order valence-electron chi connectivity index (χ0n) is 24.1. The van der Waals surface area contributed by atoms with Gasteiger partial charge in [0.15, 0.2) is 0 Å². The Bertz CT molecular complexity index is 746. The molecule has 0 aliphatic carbocycles. The van der Waals surface area contributed by atoms with Crippen LogP contribution < -0.4 is 10.2 Å². The summed E-state index contributed by atoms with van der Waals surface area (Å²) in [7, 11) is 2.06. The van der Waals surface area contributed by atoms with Gasteiger partial charge in [-0.25, -0.2) is 0 Å². The third kappa shape index (κ3) is 18.6. The molecule has 1 aliphatic rings. The van der Waals surface area contributed by atoms with Crippen LogP contribution >= 0.6 is 0 Å². The average molecular weight is 483 g/mol. The number of carbonyl (C=O) groups is 1. The third-order valence-electron chi connectivity index (χ3n) is 5.44. The number of hydrogen-bond donors (Lipinski definition) is 1. The molecule has 0 saturated carbocycles. The number of anilines is 1. The van der Waals surface area contributed by atoms with E-state index in [1.165, 1.54) is 87.3 Å². The molecule has 35 heavy (non-hydrogen) atoms. The molecule has 1 fully saturated rings. The molecule has 2 aromatic carbocycles. The van der Waals surface area contributed by atoms with E-state index in [0.717, 1.165) is 12.0 Å². The highest BCUT2D eigenvalue weighted by atomic mass is 16.1. The van der Waals surface area contributed by atoms with Gasteiger partial charge in [0.25, 0.3) is 0 Å². The first-order valence-corrected chi connectivity index (χ1v) is 13.5. The van der Waals surface area contributed by atoms with Crippen LogP contribution in [0.15, 0.2) is 55.1 Å². The number of benzene rings is 2. The third-order valence-corrected chi connectivity index (χ3v) is 5.44. The van der Waals surface area contributed by atoms with Crippen LogP contribution in [-0.4, -0.2) is 26.4 Å². The first kappa shape index (κ1) is 34.8. The summed E-state index contributed by atoms with van der Waals surface area (Å²) in [4.78, 5) is 10.9. The van der Waals surface area contributed by atoms with Crippen molar-refractivity contribution in [3.8, 4) is 0 Å². The van der Waals surface area contributed by atoms with Crippen LogP contribution in [0.5, 0.6) is 0 Å². The minimum absolute atomic E-state index is 0.750. The van der Waals surface area contributed by atoms with Crippen LogP contribution in [0, 0.1) is 13.8 Å². The molecule has 0 amide bonds. The number of rotatable bonds is 5. The minimum Gasteiger partial charge on any atom is -0.344 e. The maximum Gasteiger partial charge on any atom is 0.116 e. The van der Waals surface area contributed by atoms with Gasteiger partial charge in [-0.3, -0.25) is 0 Å². The Hall–Kier alpha value is -2.39. The van der Waals surface area contributed by atoms with Gasteiger partial charge in [0.05, 0.1) is 0 Å². The monoisotopic (exact) mass is 482 g/mol. The number of piperidine rings is 1. The fourth-order valence-electron chi connectivity index (χ4n) is 2.91. The van der Waals surface area contributed by atoms with E-state index in [9.17, 15) is 0 Å². The summed E-state index contributed by atoms with van der Waals surface area (Å²) in [6.07, 6.45) is 10.2. The lowest BCUT2D eigenvalue weighted by Gasteiger charge is -2.24. The van der Waals surface area contributed by atoms with Gasteiger partial charge in [-0.1, -0.05) is 108 Å². The molecule has 0 atom stereocenters. The average Bonchev–Trinajstić information content (AvgIpc) is 2.90. The van der Waals surface area contributed by atoms with Crippen molar-refractivity contribution in [3.05, 3.63) is 71.8 Å². The summed E-state index contributed by atoms with van der Waals surface area (Å²) in [5.74, 6) is 0. The van der Waals surface area contributed by atoms with Crippen molar-refractivity contribution in [1.82, 2.24) is 5.32 Å². The van der Waals surface area contributed by atoms with Crippen LogP contribution in [0.2, 0.25) is 0 Å². The van der Waals surface area contributed by atoms with Crippen LogP contribution in [0.1, 0.15) is 96.3 Å². The largest absolute Gasteiger partial charge is 0.344 e. The molecule has 0 spiro atoms. The number of hydrogen-bond acceptors (Lipinski definition) is 3. The topological polar surface area (TPSA) is 32.3 Å². The summed E-state index contributed by atoms with van der Waals surface area (Å²) in [6.45, 7) is 21.1. The van der Waals surface area contributed by atoms with Crippen molar-refractivity contribution in [1.29, 1.82) is 0 Å². The summed E-state index contributed by atoms with van der Waals surface area (Å²) in [5.41, 5.74) is 5.90. The van der Waals surface area contributed by atoms with Gasteiger partial charge in [-0.15, -0.1) is 0 Å². The normalized spacial score (nSPS) is 11.4. The first-order valence-electron chi connectivity index (χ1n) is 13.5. The highest BCUT2D eigenvalue weighted by Gasteiger charge is 2.09. The zero-order valence-corrected chi connectivity index (χ0v) is 24.1. The summed E-state index contributed by atoms with van der Waals surface area (Å²) in [5, 5.41) is 3.28. The van der Waals surface area contributed by atoms with E-state index in [4.69, 9.17) is 4.79 Å². The van der Waals surface area contributed by atoms with Gasteiger partial charge < -0.3 is 15.0 Å². The Balaban J connectivity index is 0. The molecular formula is C32H54N2O. The highest BCUT2D eigenvalue weighted by Crippen LogP contribution is 2.26. The lowest BCUT2D eigenvalue weighted by Crippen LogP contribution is -2.21. The lowest BCUT2D eigenvalue weighted by atomic mass is 10.1. The fourth-order valence-corrected chi connectivity index (χ4v) is 2.91. The van der Waals surface area contributed by atoms with Crippen LogP contribution in [0.25, 0.3) is 5.70 Å². The minimum atomic E-state index is 0.750. The van der Waals surface area contributed by atoms with Crippen LogP contribution in [-0.2, 0) is 4.79 Å². The molecule has 3 rings (SSSR count). The lowest BCUT2D eigenvalue weighted by molar-refractivity contribution is -0.106. The van der Waals surface area contributed by atoms with Crippen molar-refractivity contribution in [2.45, 2.75) is 93.4 Å². The van der Waals surface area contributed by atoms with Crippen molar-refractivity contribution in [2.24, 2.45) is 0 Å². The molecule has 1 saturated heterocycles. The molecule has 0 bridgehead atoms. The predicted octanol–water partition coefficient (Wildman–Crippen LogP) is 8.99. The zero-order chi connectivity index (χ0) is 26.9. The smallest absolute Gasteiger partial charge is 0.116 e. The SMILES string of the molecule is C1CCNCC1.C=C(c1cccc(C)c1)N(C)c1ccccc1C.CC=O.CCCC.CCCC. The van der Waals surface area contributed by atoms with E-state index in [1.807, 2.05) is 0 Å². The van der Waals surface area contributed by atoms with Gasteiger partial charge in [0, 0.05) is 18.4 Å². The number of aryl methyl sites for hydroxylation is 2. The predicted molar refractivity (Wildman–Crippen MR) is 159 cm³/mol. The first-order chi connectivity index (χ1) is 16.8. The number of aldehydes is 1. The second kappa shape index (κ2) is 24.7. The maximum atomic E-state index is 8.81. The van der Waals surface area contributed by atoms with Crippen molar-refractivity contribution in [2.75, 3.05) is 25.0 Å². The number of carbonyl (C=O) groups excluding carboxylic acids is 1. The number of unbranched alkanes of at least 4 members (excludes halogenated alkanes) is 2. The quantitative estimate of drug-likeness (QED) is 0.431. The van der Waals surface area contributed by atoms with Crippen LogP contribution in [0.3, 0.4) is 0 Å². The molecule has 0 radical (unpaired) electrons. The maximum absolute atomic E-state index is 8.81. The molecule has 2 aromatic rings. The molecule has 198 valence electrons. The molecule has 0 unspecified atom stereocenters. The van der Waals surface area contributed by atoms with E-state index in [0.29, 0.717) is 0 Å². The Kier molecular flexibility index (Phi) is 24.6. The summed E-state index contributed by atoms with van der Waals surface area (Å²) >= 11 is 0. The van der Waals surface area contributed by atoms with Crippen molar-refractivity contribution < 1.29 is 4.79 Å². The summed E-state index contributed by atoms with van der Waals surface area (Å²) < 4.78 is 0. The summed E-state index contributed by atoms with van der Waals surface area (Å²) in [6, 6.07) is 16.8.